The average molecular weight is 506 g/mol. The number of aliphatic carboxylic acids is 1. The van der Waals surface area contributed by atoms with Gasteiger partial charge in [-0.25, -0.2) is 4.98 Å². The van der Waals surface area contributed by atoms with E-state index in [-0.39, 0.29) is 17.6 Å². The van der Waals surface area contributed by atoms with Crippen molar-refractivity contribution < 1.29 is 32.9 Å². The van der Waals surface area contributed by atoms with Crippen LogP contribution in [0.25, 0.3) is 11.0 Å². The van der Waals surface area contributed by atoms with Crippen LogP contribution in [-0.4, -0.2) is 38.2 Å². The standard InChI is InChI=1S/C26H30F3N3O4/c1-24(2)15-18(33)12-13-25(24,3)32-21-10-4-16(5-11-22(34)35)14-20(21)31-23(32)30-17-6-8-19(9-7-17)36-26(27,28)29/h4,6-10,14,18,33H,5,11-13,15H2,1-3H3,(H,30,31)(H,34,35)/t18-,25-/m1/s1. The number of carbonyl (C=O) groups is 1. The highest BCUT2D eigenvalue weighted by molar-refractivity contribution is 5.81. The van der Waals surface area contributed by atoms with E-state index in [1.807, 2.05) is 18.2 Å². The van der Waals surface area contributed by atoms with Crippen molar-refractivity contribution in [2.45, 2.75) is 70.9 Å². The molecule has 3 N–H and O–H groups in total. The van der Waals surface area contributed by atoms with Crippen LogP contribution in [0.4, 0.5) is 24.8 Å². The monoisotopic (exact) mass is 505 g/mol. The molecule has 1 fully saturated rings. The van der Waals surface area contributed by atoms with Crippen LogP contribution < -0.4 is 10.1 Å². The summed E-state index contributed by atoms with van der Waals surface area (Å²) in [7, 11) is 0. The van der Waals surface area contributed by atoms with Crippen molar-refractivity contribution in [1.82, 2.24) is 9.55 Å². The number of aliphatic hydroxyl groups is 1. The number of aryl methyl sites for hydroxylation is 1. The van der Waals surface area contributed by atoms with Gasteiger partial charge in [0.15, 0.2) is 0 Å². The highest BCUT2D eigenvalue weighted by Gasteiger charge is 2.48. The minimum Gasteiger partial charge on any atom is -0.481 e. The zero-order valence-electron chi connectivity index (χ0n) is 20.4. The summed E-state index contributed by atoms with van der Waals surface area (Å²) in [5.74, 6) is -0.688. The van der Waals surface area contributed by atoms with Gasteiger partial charge in [-0.15, -0.1) is 13.2 Å². The molecule has 36 heavy (non-hydrogen) atoms. The first-order chi connectivity index (χ1) is 16.8. The van der Waals surface area contributed by atoms with Gasteiger partial charge in [0.1, 0.15) is 5.75 Å². The molecule has 0 saturated heterocycles. The number of alkyl halides is 3. The van der Waals surface area contributed by atoms with Gasteiger partial charge in [-0.3, -0.25) is 4.79 Å². The van der Waals surface area contributed by atoms with Gasteiger partial charge in [0, 0.05) is 12.1 Å². The maximum absolute atomic E-state index is 12.5. The highest BCUT2D eigenvalue weighted by atomic mass is 19.4. The number of carboxylic acid groups (broad SMARTS) is 1. The summed E-state index contributed by atoms with van der Waals surface area (Å²) in [5, 5.41) is 22.7. The van der Waals surface area contributed by atoms with E-state index in [1.165, 1.54) is 24.3 Å². The van der Waals surface area contributed by atoms with Gasteiger partial charge in [-0.05, 0) is 80.0 Å². The van der Waals surface area contributed by atoms with Crippen LogP contribution >= 0.6 is 0 Å². The number of halogens is 3. The molecule has 194 valence electrons. The number of benzene rings is 2. The van der Waals surface area contributed by atoms with Crippen molar-refractivity contribution >= 4 is 28.6 Å². The number of hydrogen-bond donors (Lipinski definition) is 3. The van der Waals surface area contributed by atoms with E-state index in [2.05, 4.69) is 35.4 Å². The van der Waals surface area contributed by atoms with Crippen LogP contribution in [0.3, 0.4) is 0 Å². The lowest BCUT2D eigenvalue weighted by Crippen LogP contribution is -2.50. The van der Waals surface area contributed by atoms with Crippen LogP contribution in [-0.2, 0) is 16.8 Å². The fraction of sp³-hybridized carbons (Fsp3) is 0.462. The molecule has 0 unspecified atom stereocenters. The minimum absolute atomic E-state index is 0.00625. The SMILES string of the molecule is CC1(C)C[C@H](O)CC[C@@]1(C)n1c(Nc2ccc(OC(F)(F)F)cc2)nc2cc(CCC(=O)O)ccc21. The van der Waals surface area contributed by atoms with Gasteiger partial charge in [0.25, 0.3) is 0 Å². The molecular weight excluding hydrogens is 475 g/mol. The van der Waals surface area contributed by atoms with Gasteiger partial charge < -0.3 is 24.8 Å². The van der Waals surface area contributed by atoms with Crippen molar-refractivity contribution in [1.29, 1.82) is 0 Å². The molecule has 7 nitrogen and oxygen atoms in total. The zero-order chi connectivity index (χ0) is 26.3. The van der Waals surface area contributed by atoms with Gasteiger partial charge in [-0.1, -0.05) is 19.9 Å². The average Bonchev–Trinajstić information content (AvgIpc) is 3.12. The van der Waals surface area contributed by atoms with Crippen LogP contribution in [0.15, 0.2) is 42.5 Å². The fourth-order valence-electron chi connectivity index (χ4n) is 5.10. The first kappa shape index (κ1) is 25.8. The second kappa shape index (κ2) is 9.31. The molecule has 1 saturated carbocycles. The lowest BCUT2D eigenvalue weighted by molar-refractivity contribution is -0.274. The molecule has 3 aromatic rings. The van der Waals surface area contributed by atoms with Gasteiger partial charge in [0.05, 0.1) is 22.7 Å². The number of nitrogens with zero attached hydrogens (tertiary/aromatic N) is 2. The number of anilines is 2. The number of ether oxygens (including phenoxy) is 1. The maximum Gasteiger partial charge on any atom is 0.573 e. The Morgan fingerprint density at radius 1 is 1.19 bits per heavy atom. The third kappa shape index (κ3) is 5.28. The number of aromatic nitrogens is 2. The number of nitrogens with one attached hydrogen (secondary N) is 1. The van der Waals surface area contributed by atoms with E-state index in [0.29, 0.717) is 42.8 Å². The number of aliphatic hydroxyl groups excluding tert-OH is 1. The molecule has 0 aliphatic heterocycles. The Labute approximate surface area is 206 Å². The maximum atomic E-state index is 12.5. The Hall–Kier alpha value is -3.27. The van der Waals surface area contributed by atoms with E-state index in [9.17, 15) is 23.1 Å². The summed E-state index contributed by atoms with van der Waals surface area (Å²) in [6, 6.07) is 11.1. The molecule has 2 aromatic carbocycles. The van der Waals surface area contributed by atoms with Gasteiger partial charge in [0.2, 0.25) is 5.95 Å². The van der Waals surface area contributed by atoms with Crippen LogP contribution in [0.5, 0.6) is 5.75 Å². The second-order valence-corrected chi connectivity index (χ2v) is 10.2. The molecule has 4 rings (SSSR count). The number of fused-ring (bicyclic) bond motifs is 1. The van der Waals surface area contributed by atoms with E-state index in [0.717, 1.165) is 11.1 Å². The third-order valence-electron chi connectivity index (χ3n) is 7.35. The molecule has 2 atom stereocenters. The van der Waals surface area contributed by atoms with Crippen LogP contribution in [0.1, 0.15) is 52.0 Å². The Bertz CT molecular complexity index is 1250. The van der Waals surface area contributed by atoms with E-state index >= 15 is 0 Å². The predicted molar refractivity (Wildman–Crippen MR) is 129 cm³/mol. The molecule has 1 aromatic heterocycles. The Morgan fingerprint density at radius 2 is 1.89 bits per heavy atom. The Balaban J connectivity index is 1.76. The van der Waals surface area contributed by atoms with E-state index in [4.69, 9.17) is 10.1 Å². The highest BCUT2D eigenvalue weighted by Crippen LogP contribution is 2.51. The number of carboxylic acids is 1. The molecule has 1 aliphatic carbocycles. The summed E-state index contributed by atoms with van der Waals surface area (Å²) >= 11 is 0. The minimum atomic E-state index is -4.77. The lowest BCUT2D eigenvalue weighted by atomic mass is 9.63. The summed E-state index contributed by atoms with van der Waals surface area (Å²) in [6.07, 6.45) is -2.87. The molecule has 0 amide bonds. The van der Waals surface area contributed by atoms with E-state index in [1.54, 1.807) is 0 Å². The molecule has 0 bridgehead atoms. The summed E-state index contributed by atoms with van der Waals surface area (Å²) in [4.78, 5) is 15.8. The molecular formula is C26H30F3N3O4. The first-order valence-electron chi connectivity index (χ1n) is 11.8. The number of imidazole rings is 1. The molecule has 1 heterocycles. The van der Waals surface area contributed by atoms with Crippen LogP contribution in [0, 0.1) is 5.41 Å². The largest absolute Gasteiger partial charge is 0.573 e. The summed E-state index contributed by atoms with van der Waals surface area (Å²) in [5.41, 5.74) is 2.16. The zero-order valence-corrected chi connectivity index (χ0v) is 20.4. The summed E-state index contributed by atoms with van der Waals surface area (Å²) < 4.78 is 43.7. The van der Waals surface area contributed by atoms with Crippen molar-refractivity contribution in [3.63, 3.8) is 0 Å². The van der Waals surface area contributed by atoms with Crippen molar-refractivity contribution in [2.24, 2.45) is 5.41 Å². The topological polar surface area (TPSA) is 96.6 Å². The van der Waals surface area contributed by atoms with Crippen LogP contribution in [0.2, 0.25) is 0 Å². The fourth-order valence-corrected chi connectivity index (χ4v) is 5.10. The Morgan fingerprint density at radius 3 is 2.50 bits per heavy atom. The molecule has 10 heteroatoms. The van der Waals surface area contributed by atoms with E-state index < -0.39 is 24.0 Å². The first-order valence-corrected chi connectivity index (χ1v) is 11.8. The third-order valence-corrected chi connectivity index (χ3v) is 7.35. The lowest BCUT2D eigenvalue weighted by Gasteiger charge is -2.51. The second-order valence-electron chi connectivity index (χ2n) is 10.2. The normalized spacial score (nSPS) is 21.9. The molecule has 1 aliphatic rings. The molecule has 0 radical (unpaired) electrons. The quantitative estimate of drug-likeness (QED) is 0.366. The van der Waals surface area contributed by atoms with Gasteiger partial charge >= 0.3 is 12.3 Å². The summed E-state index contributed by atoms with van der Waals surface area (Å²) in [6.45, 7) is 6.34. The predicted octanol–water partition coefficient (Wildman–Crippen LogP) is 5.98. The Kier molecular flexibility index (Phi) is 6.68. The van der Waals surface area contributed by atoms with Gasteiger partial charge in [-0.2, -0.15) is 0 Å². The number of rotatable bonds is 7. The molecule has 0 spiro atoms. The smallest absolute Gasteiger partial charge is 0.481 e. The number of hydrogen-bond acceptors (Lipinski definition) is 5. The van der Waals surface area contributed by atoms with Crippen molar-refractivity contribution in [3.05, 3.63) is 48.0 Å². The van der Waals surface area contributed by atoms with Crippen molar-refractivity contribution in [3.8, 4) is 5.75 Å². The van der Waals surface area contributed by atoms with Crippen molar-refractivity contribution in [2.75, 3.05) is 5.32 Å².